The van der Waals surface area contributed by atoms with Crippen LogP contribution in [0.4, 0.5) is 0 Å². The molecule has 0 spiro atoms. The maximum Gasteiger partial charge on any atom is 0.119 e. The highest BCUT2D eigenvalue weighted by atomic mass is 16.5. The third kappa shape index (κ3) is 3.77. The molecule has 0 aliphatic rings. The molecule has 14 heavy (non-hydrogen) atoms. The smallest absolute Gasteiger partial charge is 0.119 e. The average molecular weight is 195 g/mol. The Balaban J connectivity index is 2.46. The van der Waals surface area contributed by atoms with E-state index in [1.807, 2.05) is 25.2 Å². The van der Waals surface area contributed by atoms with Gasteiger partial charge in [-0.05, 0) is 24.7 Å². The Morgan fingerprint density at radius 1 is 1.29 bits per heavy atom. The fourth-order valence-electron chi connectivity index (χ4n) is 1.19. The molecule has 0 heterocycles. The van der Waals surface area contributed by atoms with Crippen LogP contribution in [0, 0.1) is 0 Å². The molecule has 0 radical (unpaired) electrons. The van der Waals surface area contributed by atoms with Crippen LogP contribution in [-0.2, 0) is 11.3 Å². The Hall–Kier alpha value is -1.06. The Labute approximate surface area is 85.0 Å². The van der Waals surface area contributed by atoms with Gasteiger partial charge in [0.05, 0.1) is 6.61 Å². The van der Waals surface area contributed by atoms with Crippen LogP contribution in [0.25, 0.3) is 0 Å². The van der Waals surface area contributed by atoms with Crippen LogP contribution in [0.2, 0.25) is 0 Å². The van der Waals surface area contributed by atoms with Crippen molar-refractivity contribution in [2.75, 3.05) is 27.4 Å². The summed E-state index contributed by atoms with van der Waals surface area (Å²) in [6, 6.07) is 8.05. The van der Waals surface area contributed by atoms with Crippen molar-refractivity contribution in [1.29, 1.82) is 0 Å². The van der Waals surface area contributed by atoms with Gasteiger partial charge in [0.2, 0.25) is 0 Å². The second-order valence-electron chi connectivity index (χ2n) is 3.02. The second-order valence-corrected chi connectivity index (χ2v) is 3.02. The van der Waals surface area contributed by atoms with Crippen LogP contribution in [0.1, 0.15) is 5.56 Å². The highest BCUT2D eigenvalue weighted by Gasteiger charge is 1.95. The maximum absolute atomic E-state index is 5.48. The van der Waals surface area contributed by atoms with E-state index in [2.05, 4.69) is 11.4 Å². The maximum atomic E-state index is 5.48. The van der Waals surface area contributed by atoms with Crippen molar-refractivity contribution in [2.24, 2.45) is 0 Å². The van der Waals surface area contributed by atoms with Crippen molar-refractivity contribution in [3.8, 4) is 5.75 Å². The summed E-state index contributed by atoms with van der Waals surface area (Å²) in [5, 5.41) is 3.10. The predicted molar refractivity (Wildman–Crippen MR) is 56.6 cm³/mol. The molecule has 78 valence electrons. The molecule has 0 unspecified atom stereocenters. The van der Waals surface area contributed by atoms with Crippen LogP contribution >= 0.6 is 0 Å². The number of ether oxygens (including phenoxy) is 2. The molecule has 0 fully saturated rings. The molecule has 1 aromatic carbocycles. The van der Waals surface area contributed by atoms with Gasteiger partial charge in [-0.25, -0.2) is 0 Å². The molecule has 0 aliphatic carbocycles. The van der Waals surface area contributed by atoms with Gasteiger partial charge in [-0.1, -0.05) is 12.1 Å². The highest BCUT2D eigenvalue weighted by molar-refractivity contribution is 5.28. The lowest BCUT2D eigenvalue weighted by Crippen LogP contribution is -2.06. The molecule has 3 heteroatoms. The lowest BCUT2D eigenvalue weighted by atomic mass is 10.2. The minimum absolute atomic E-state index is 0.597. The van der Waals surface area contributed by atoms with Gasteiger partial charge in [-0.2, -0.15) is 0 Å². The summed E-state index contributed by atoms with van der Waals surface area (Å²) in [4.78, 5) is 0. The van der Waals surface area contributed by atoms with Gasteiger partial charge < -0.3 is 14.8 Å². The summed E-state index contributed by atoms with van der Waals surface area (Å²) in [6.45, 7) is 2.08. The molecule has 0 bridgehead atoms. The van der Waals surface area contributed by atoms with Crippen molar-refractivity contribution in [3.63, 3.8) is 0 Å². The van der Waals surface area contributed by atoms with Gasteiger partial charge in [0, 0.05) is 13.7 Å². The predicted octanol–water partition coefficient (Wildman–Crippen LogP) is 1.43. The second kappa shape index (κ2) is 6.40. The average Bonchev–Trinajstić information content (AvgIpc) is 2.19. The van der Waals surface area contributed by atoms with Gasteiger partial charge >= 0.3 is 0 Å². The minimum atomic E-state index is 0.597. The van der Waals surface area contributed by atoms with E-state index in [0.717, 1.165) is 12.3 Å². The highest BCUT2D eigenvalue weighted by Crippen LogP contribution is 2.12. The van der Waals surface area contributed by atoms with Crippen molar-refractivity contribution in [1.82, 2.24) is 5.32 Å². The number of nitrogens with one attached hydrogen (secondary N) is 1. The molecule has 0 atom stereocenters. The number of hydrogen-bond donors (Lipinski definition) is 1. The van der Waals surface area contributed by atoms with Gasteiger partial charge in [-0.3, -0.25) is 0 Å². The fourth-order valence-corrected chi connectivity index (χ4v) is 1.19. The number of methoxy groups -OCH3 is 1. The van der Waals surface area contributed by atoms with Crippen molar-refractivity contribution < 1.29 is 9.47 Å². The largest absolute Gasteiger partial charge is 0.491 e. The van der Waals surface area contributed by atoms with E-state index in [1.165, 1.54) is 5.56 Å². The third-order valence-corrected chi connectivity index (χ3v) is 1.84. The molecule has 0 saturated carbocycles. The van der Waals surface area contributed by atoms with Crippen molar-refractivity contribution >= 4 is 0 Å². The van der Waals surface area contributed by atoms with E-state index in [0.29, 0.717) is 13.2 Å². The lowest BCUT2D eigenvalue weighted by Gasteiger charge is -2.07. The van der Waals surface area contributed by atoms with Crippen LogP contribution in [0.3, 0.4) is 0 Å². The standard InChI is InChI=1S/C11H17NO2/c1-12-9-10-4-3-5-11(8-10)14-7-6-13-2/h3-5,8,12H,6-7,9H2,1-2H3. The van der Waals surface area contributed by atoms with Crippen LogP contribution < -0.4 is 10.1 Å². The SMILES string of the molecule is CNCc1cccc(OCCOC)c1. The fraction of sp³-hybridized carbons (Fsp3) is 0.455. The molecular formula is C11H17NO2. The summed E-state index contributed by atoms with van der Waals surface area (Å²) >= 11 is 0. The Morgan fingerprint density at radius 3 is 2.86 bits per heavy atom. The first-order chi connectivity index (χ1) is 6.86. The van der Waals surface area contributed by atoms with Crippen LogP contribution in [-0.4, -0.2) is 27.4 Å². The molecule has 1 N–H and O–H groups in total. The van der Waals surface area contributed by atoms with Gasteiger partial charge in [0.1, 0.15) is 12.4 Å². The monoisotopic (exact) mass is 195 g/mol. The van der Waals surface area contributed by atoms with Crippen molar-refractivity contribution in [2.45, 2.75) is 6.54 Å². The number of benzene rings is 1. The molecular weight excluding hydrogens is 178 g/mol. The molecule has 0 amide bonds. The lowest BCUT2D eigenvalue weighted by molar-refractivity contribution is 0.146. The van der Waals surface area contributed by atoms with Gasteiger partial charge in [0.25, 0.3) is 0 Å². The third-order valence-electron chi connectivity index (χ3n) is 1.84. The number of rotatable bonds is 6. The summed E-state index contributed by atoms with van der Waals surface area (Å²) in [7, 11) is 3.60. The topological polar surface area (TPSA) is 30.5 Å². The first kappa shape index (κ1) is 11.0. The first-order valence-corrected chi connectivity index (χ1v) is 4.72. The minimum Gasteiger partial charge on any atom is -0.491 e. The zero-order valence-corrected chi connectivity index (χ0v) is 8.75. The molecule has 0 aliphatic heterocycles. The zero-order valence-electron chi connectivity index (χ0n) is 8.75. The Morgan fingerprint density at radius 2 is 2.14 bits per heavy atom. The van der Waals surface area contributed by atoms with Gasteiger partial charge in [0.15, 0.2) is 0 Å². The normalized spacial score (nSPS) is 10.1. The van der Waals surface area contributed by atoms with E-state index in [-0.39, 0.29) is 0 Å². The van der Waals surface area contributed by atoms with E-state index in [4.69, 9.17) is 9.47 Å². The number of hydrogen-bond acceptors (Lipinski definition) is 3. The molecule has 3 nitrogen and oxygen atoms in total. The van der Waals surface area contributed by atoms with E-state index >= 15 is 0 Å². The van der Waals surface area contributed by atoms with Crippen molar-refractivity contribution in [3.05, 3.63) is 29.8 Å². The molecule has 0 saturated heterocycles. The van der Waals surface area contributed by atoms with Crippen LogP contribution in [0.15, 0.2) is 24.3 Å². The Kier molecular flexibility index (Phi) is 5.04. The molecule has 1 aromatic rings. The first-order valence-electron chi connectivity index (χ1n) is 4.72. The quantitative estimate of drug-likeness (QED) is 0.697. The Bertz CT molecular complexity index is 263. The molecule has 1 rings (SSSR count). The van der Waals surface area contributed by atoms with E-state index in [9.17, 15) is 0 Å². The summed E-state index contributed by atoms with van der Waals surface area (Å²) in [5.74, 6) is 0.898. The molecule has 0 aromatic heterocycles. The van der Waals surface area contributed by atoms with E-state index in [1.54, 1.807) is 7.11 Å². The van der Waals surface area contributed by atoms with Crippen LogP contribution in [0.5, 0.6) is 5.75 Å². The van der Waals surface area contributed by atoms with Gasteiger partial charge in [-0.15, -0.1) is 0 Å². The van der Waals surface area contributed by atoms with E-state index < -0.39 is 0 Å². The summed E-state index contributed by atoms with van der Waals surface area (Å²) < 4.78 is 10.4. The summed E-state index contributed by atoms with van der Waals surface area (Å²) in [5.41, 5.74) is 1.22. The zero-order chi connectivity index (χ0) is 10.2. The summed E-state index contributed by atoms with van der Waals surface area (Å²) in [6.07, 6.45) is 0.